The third-order valence-corrected chi connectivity index (χ3v) is 5.55. The first-order valence-corrected chi connectivity index (χ1v) is 11.4. The number of amides is 3. The van der Waals surface area contributed by atoms with E-state index in [1.54, 1.807) is 30.3 Å². The monoisotopic (exact) mass is 507 g/mol. The van der Waals surface area contributed by atoms with Gasteiger partial charge in [-0.3, -0.25) is 15.0 Å². The molecule has 37 heavy (non-hydrogen) atoms. The van der Waals surface area contributed by atoms with Gasteiger partial charge in [-0.05, 0) is 29.3 Å². The van der Waals surface area contributed by atoms with Crippen molar-refractivity contribution in [1.82, 2.24) is 20.4 Å². The van der Waals surface area contributed by atoms with Gasteiger partial charge in [-0.15, -0.1) is 0 Å². The number of H-pyrrole nitrogens is 1. The maximum atomic E-state index is 12.5. The number of methoxy groups -OCH3 is 1. The van der Waals surface area contributed by atoms with Crippen LogP contribution >= 0.6 is 0 Å². The van der Waals surface area contributed by atoms with E-state index >= 15 is 0 Å². The van der Waals surface area contributed by atoms with Crippen LogP contribution in [0.2, 0.25) is 0 Å². The first kappa shape index (κ1) is 25.2. The topological polar surface area (TPSA) is 152 Å². The molecular formula is C25H25N5O7. The molecule has 3 aromatic rings. The van der Waals surface area contributed by atoms with Crippen molar-refractivity contribution in [2.24, 2.45) is 0 Å². The highest BCUT2D eigenvalue weighted by molar-refractivity contribution is 5.85. The van der Waals surface area contributed by atoms with E-state index in [9.17, 15) is 19.2 Å². The van der Waals surface area contributed by atoms with Crippen LogP contribution in [0.15, 0.2) is 65.5 Å². The summed E-state index contributed by atoms with van der Waals surface area (Å²) in [5.74, 6) is 0. The Balaban J connectivity index is 1.49. The zero-order valence-electron chi connectivity index (χ0n) is 19.9. The van der Waals surface area contributed by atoms with Gasteiger partial charge in [0.1, 0.15) is 19.4 Å². The molecule has 1 aliphatic heterocycles. The Morgan fingerprint density at radius 3 is 2.54 bits per heavy atom. The number of rotatable bonds is 8. The second kappa shape index (κ2) is 11.7. The molecule has 2 heterocycles. The maximum Gasteiger partial charge on any atom is 0.411 e. The number of ether oxygens (including phenoxy) is 3. The molecule has 3 amide bonds. The third-order valence-electron chi connectivity index (χ3n) is 5.55. The van der Waals surface area contributed by atoms with Crippen molar-refractivity contribution in [2.75, 3.05) is 25.6 Å². The van der Waals surface area contributed by atoms with E-state index in [0.717, 1.165) is 5.56 Å². The van der Waals surface area contributed by atoms with Crippen molar-refractivity contribution >= 4 is 24.0 Å². The molecule has 192 valence electrons. The number of carbonyl (C=O) groups excluding carboxylic acids is 3. The van der Waals surface area contributed by atoms with E-state index in [1.807, 2.05) is 30.3 Å². The van der Waals surface area contributed by atoms with Crippen LogP contribution in [0.25, 0.3) is 11.1 Å². The molecule has 1 aliphatic rings. The summed E-state index contributed by atoms with van der Waals surface area (Å²) in [5.41, 5.74) is 2.20. The van der Waals surface area contributed by atoms with Gasteiger partial charge in [0.05, 0.1) is 24.9 Å². The summed E-state index contributed by atoms with van der Waals surface area (Å²) in [5, 5.41) is 11.8. The van der Waals surface area contributed by atoms with Crippen molar-refractivity contribution in [2.45, 2.75) is 19.2 Å². The summed E-state index contributed by atoms with van der Waals surface area (Å²) in [6, 6.07) is 17.3. The van der Waals surface area contributed by atoms with E-state index in [1.165, 1.54) is 12.0 Å². The van der Waals surface area contributed by atoms with E-state index in [2.05, 4.69) is 25.6 Å². The highest BCUT2D eigenvalue weighted by Gasteiger charge is 2.32. The van der Waals surface area contributed by atoms with Gasteiger partial charge in [0.2, 0.25) is 0 Å². The molecule has 1 fully saturated rings. The van der Waals surface area contributed by atoms with Gasteiger partial charge in [-0.1, -0.05) is 42.5 Å². The van der Waals surface area contributed by atoms with Crippen molar-refractivity contribution in [3.63, 3.8) is 0 Å². The summed E-state index contributed by atoms with van der Waals surface area (Å²) >= 11 is 0. The van der Waals surface area contributed by atoms with Crippen molar-refractivity contribution in [1.29, 1.82) is 0 Å². The van der Waals surface area contributed by atoms with Crippen molar-refractivity contribution in [3.8, 4) is 11.1 Å². The lowest BCUT2D eigenvalue weighted by atomic mass is 10.1. The van der Waals surface area contributed by atoms with Crippen LogP contribution in [0.5, 0.6) is 0 Å². The smallest absolute Gasteiger partial charge is 0.411 e. The second-order valence-electron chi connectivity index (χ2n) is 8.03. The molecule has 4 rings (SSSR count). The van der Waals surface area contributed by atoms with Gasteiger partial charge in [0, 0.05) is 12.1 Å². The first-order chi connectivity index (χ1) is 17.9. The van der Waals surface area contributed by atoms with E-state index in [4.69, 9.17) is 9.47 Å². The van der Waals surface area contributed by atoms with Crippen LogP contribution in [0.4, 0.5) is 20.1 Å². The molecule has 3 N–H and O–H groups in total. The number of aromatic nitrogens is 2. The molecule has 1 aromatic heterocycles. The Kier molecular flexibility index (Phi) is 7.98. The lowest BCUT2D eigenvalue weighted by Crippen LogP contribution is -2.50. The van der Waals surface area contributed by atoms with Crippen LogP contribution in [0, 0.1) is 0 Å². The fourth-order valence-corrected chi connectivity index (χ4v) is 3.69. The number of hydrogen-bond donors (Lipinski definition) is 3. The van der Waals surface area contributed by atoms with Crippen LogP contribution in [-0.4, -0.2) is 59.8 Å². The minimum Gasteiger partial charge on any atom is -0.453 e. The number of nitrogens with zero attached hydrogens (tertiary/aromatic N) is 2. The molecule has 0 bridgehead atoms. The fourth-order valence-electron chi connectivity index (χ4n) is 3.69. The molecule has 1 saturated heterocycles. The Morgan fingerprint density at radius 2 is 1.86 bits per heavy atom. The fraction of sp³-hybridized carbons (Fsp3) is 0.240. The maximum absolute atomic E-state index is 12.5. The second-order valence-corrected chi connectivity index (χ2v) is 8.03. The zero-order chi connectivity index (χ0) is 26.2. The lowest BCUT2D eigenvalue weighted by Gasteiger charge is -2.26. The van der Waals surface area contributed by atoms with Gasteiger partial charge in [-0.25, -0.2) is 19.5 Å². The van der Waals surface area contributed by atoms with E-state index in [-0.39, 0.29) is 26.2 Å². The van der Waals surface area contributed by atoms with Crippen LogP contribution < -0.4 is 16.2 Å². The van der Waals surface area contributed by atoms with Crippen LogP contribution in [0.3, 0.4) is 0 Å². The number of carbonyl (C=O) groups is 3. The molecule has 0 aliphatic carbocycles. The molecule has 2 aromatic carbocycles. The first-order valence-electron chi connectivity index (χ1n) is 11.4. The summed E-state index contributed by atoms with van der Waals surface area (Å²) < 4.78 is 14.9. The number of anilines is 1. The molecule has 1 atom stereocenters. The van der Waals surface area contributed by atoms with E-state index in [0.29, 0.717) is 22.5 Å². The van der Waals surface area contributed by atoms with Crippen LogP contribution in [-0.2, 0) is 27.2 Å². The zero-order valence-corrected chi connectivity index (χ0v) is 19.9. The average Bonchev–Trinajstić information content (AvgIpc) is 3.35. The number of aromatic amines is 1. The summed E-state index contributed by atoms with van der Waals surface area (Å²) in [6.45, 7) is 0.519. The largest absolute Gasteiger partial charge is 0.453 e. The molecule has 0 spiro atoms. The van der Waals surface area contributed by atoms with Crippen LogP contribution in [0.1, 0.15) is 11.3 Å². The predicted molar refractivity (Wildman–Crippen MR) is 132 cm³/mol. The highest BCUT2D eigenvalue weighted by atomic mass is 16.6. The minimum atomic E-state index is -0.823. The third kappa shape index (κ3) is 6.63. The summed E-state index contributed by atoms with van der Waals surface area (Å²) in [4.78, 5) is 50.0. The predicted octanol–water partition coefficient (Wildman–Crippen LogP) is 2.86. The quantitative estimate of drug-likeness (QED) is 0.394. The molecule has 0 saturated carbocycles. The van der Waals surface area contributed by atoms with Crippen molar-refractivity contribution < 1.29 is 28.6 Å². The van der Waals surface area contributed by atoms with Gasteiger partial charge in [0.15, 0.2) is 0 Å². The number of alkyl carbamates (subject to hydrolysis) is 1. The van der Waals surface area contributed by atoms with Gasteiger partial charge < -0.3 is 19.5 Å². The number of nitrogens with one attached hydrogen (secondary N) is 3. The normalized spacial score (nSPS) is 13.4. The van der Waals surface area contributed by atoms with Crippen molar-refractivity contribution in [3.05, 3.63) is 82.3 Å². The molecule has 0 radical (unpaired) electrons. The molecule has 12 heteroatoms. The lowest BCUT2D eigenvalue weighted by molar-refractivity contribution is 0.114. The Bertz CT molecular complexity index is 1310. The average molecular weight is 508 g/mol. The summed E-state index contributed by atoms with van der Waals surface area (Å²) in [7, 11) is 1.26. The highest BCUT2D eigenvalue weighted by Crippen LogP contribution is 2.20. The number of benzene rings is 2. The standard InChI is InChI=1S/C25H25N5O7/c1-35-23(32)26-18-9-7-17(8-10-18)20-13-19(28-29-22(20)31)14-21(30-11-12-36-25(30)34)27-24(33)37-15-16-5-3-2-4-6-16/h2-10,13,21H,11-12,14-15H2,1H3,(H,26,32)(H,27,33)(H,29,31). The number of hydrogen-bond acceptors (Lipinski definition) is 8. The molecule has 1 unspecified atom stereocenters. The van der Waals surface area contributed by atoms with Gasteiger partial charge >= 0.3 is 18.3 Å². The van der Waals surface area contributed by atoms with Gasteiger partial charge in [0.25, 0.3) is 5.56 Å². The molecular weight excluding hydrogens is 482 g/mol. The Morgan fingerprint density at radius 1 is 1.11 bits per heavy atom. The molecule has 12 nitrogen and oxygen atoms in total. The Labute approximate surface area is 211 Å². The Hall–Kier alpha value is -4.87. The van der Waals surface area contributed by atoms with Gasteiger partial charge in [-0.2, -0.15) is 5.10 Å². The number of cyclic esters (lactones) is 1. The van der Waals surface area contributed by atoms with E-state index < -0.39 is 30.0 Å². The SMILES string of the molecule is COC(=O)Nc1ccc(-c2cc(CC(NC(=O)OCc3ccccc3)N3CCOC3=O)n[nH]c2=O)cc1. The summed E-state index contributed by atoms with van der Waals surface area (Å²) in [6.07, 6.45) is -2.64. The minimum absolute atomic E-state index is 0.0612.